The first-order valence-electron chi connectivity index (χ1n) is 8.02. The smallest absolute Gasteiger partial charge is 0.289 e. The normalized spacial score (nSPS) is 12.4. The zero-order chi connectivity index (χ0) is 21.8. The van der Waals surface area contributed by atoms with Gasteiger partial charge in [0.2, 0.25) is 0 Å². The Morgan fingerprint density at radius 2 is 1.69 bits per heavy atom. The zero-order valence-electron chi connectivity index (χ0n) is 15.0. The highest BCUT2D eigenvalue weighted by molar-refractivity contribution is 7.89. The lowest BCUT2D eigenvalue weighted by Crippen LogP contribution is -2.46. The summed E-state index contributed by atoms with van der Waals surface area (Å²) < 4.78 is 27.0. The van der Waals surface area contributed by atoms with Gasteiger partial charge < -0.3 is 0 Å². The molecule has 0 bridgehead atoms. The molecule has 0 radical (unpaired) electrons. The fraction of sp³-hybridized carbons (Fsp3) is 0.188. The first kappa shape index (κ1) is 21.9. The predicted molar refractivity (Wildman–Crippen MR) is 98.3 cm³/mol. The van der Waals surface area contributed by atoms with Gasteiger partial charge in [0, 0.05) is 24.7 Å². The SMILES string of the molecule is C[C@@H](C(=O)NO)N(Cc1ccc([N+](=O)[O-])cc1)S(=O)(=O)c1ccccc1[N+](=O)[O-]. The molecule has 154 valence electrons. The van der Waals surface area contributed by atoms with Gasteiger partial charge in [-0.25, -0.2) is 13.9 Å². The highest BCUT2D eigenvalue weighted by Gasteiger charge is 2.37. The molecular formula is C16H16N4O8S. The molecule has 13 heteroatoms. The van der Waals surface area contributed by atoms with Crippen molar-refractivity contribution < 1.29 is 28.3 Å². The van der Waals surface area contributed by atoms with Crippen molar-refractivity contribution in [2.24, 2.45) is 0 Å². The van der Waals surface area contributed by atoms with Gasteiger partial charge in [0.05, 0.1) is 9.85 Å². The quantitative estimate of drug-likeness (QED) is 0.365. The monoisotopic (exact) mass is 424 g/mol. The van der Waals surface area contributed by atoms with E-state index >= 15 is 0 Å². The van der Waals surface area contributed by atoms with Crippen molar-refractivity contribution >= 4 is 27.3 Å². The number of rotatable bonds is 8. The molecule has 0 saturated carbocycles. The highest BCUT2D eigenvalue weighted by Crippen LogP contribution is 2.29. The fourth-order valence-electron chi connectivity index (χ4n) is 2.51. The van der Waals surface area contributed by atoms with Gasteiger partial charge in [-0.15, -0.1) is 0 Å². The Hall–Kier alpha value is -3.42. The third-order valence-electron chi connectivity index (χ3n) is 4.06. The van der Waals surface area contributed by atoms with Crippen LogP contribution in [0.5, 0.6) is 0 Å². The molecular weight excluding hydrogens is 408 g/mol. The second kappa shape index (κ2) is 8.72. The van der Waals surface area contributed by atoms with E-state index in [1.54, 1.807) is 0 Å². The molecule has 0 aliphatic carbocycles. The second-order valence-electron chi connectivity index (χ2n) is 5.85. The molecule has 0 spiro atoms. The van der Waals surface area contributed by atoms with Gasteiger partial charge in [-0.3, -0.25) is 30.2 Å². The topological polar surface area (TPSA) is 173 Å². The lowest BCUT2D eigenvalue weighted by molar-refractivity contribution is -0.387. The van der Waals surface area contributed by atoms with Crippen LogP contribution in [0, 0.1) is 20.2 Å². The van der Waals surface area contributed by atoms with Gasteiger partial charge in [0.25, 0.3) is 27.3 Å². The summed E-state index contributed by atoms with van der Waals surface area (Å²) in [6.45, 7) is 0.754. The predicted octanol–water partition coefficient (Wildman–Crippen LogP) is 1.59. The number of hydroxylamine groups is 1. The summed E-state index contributed by atoms with van der Waals surface area (Å²) in [4.78, 5) is 31.8. The van der Waals surface area contributed by atoms with Gasteiger partial charge in [-0.1, -0.05) is 24.3 Å². The molecule has 2 rings (SSSR count). The number of hydrogen-bond acceptors (Lipinski definition) is 8. The summed E-state index contributed by atoms with van der Waals surface area (Å²) in [7, 11) is -4.57. The van der Waals surface area contributed by atoms with Gasteiger partial charge in [0.1, 0.15) is 6.04 Å². The summed E-state index contributed by atoms with van der Waals surface area (Å²) in [5.41, 5.74) is 0.733. The van der Waals surface area contributed by atoms with Crippen LogP contribution in [-0.2, 0) is 21.4 Å². The maximum absolute atomic E-state index is 13.2. The average Bonchev–Trinajstić information content (AvgIpc) is 2.71. The van der Waals surface area contributed by atoms with E-state index in [9.17, 15) is 33.4 Å². The van der Waals surface area contributed by atoms with Crippen LogP contribution in [0.4, 0.5) is 11.4 Å². The highest BCUT2D eigenvalue weighted by atomic mass is 32.2. The third kappa shape index (κ3) is 4.71. The molecule has 12 nitrogen and oxygen atoms in total. The first-order valence-corrected chi connectivity index (χ1v) is 9.46. The minimum atomic E-state index is -4.57. The maximum atomic E-state index is 13.2. The number of nitrogens with zero attached hydrogens (tertiary/aromatic N) is 3. The number of hydrogen-bond donors (Lipinski definition) is 2. The molecule has 0 saturated heterocycles. The van der Waals surface area contributed by atoms with Gasteiger partial charge in [0.15, 0.2) is 4.90 Å². The summed E-state index contributed by atoms with van der Waals surface area (Å²) in [5, 5.41) is 30.9. The van der Waals surface area contributed by atoms with E-state index in [1.165, 1.54) is 36.7 Å². The van der Waals surface area contributed by atoms with Gasteiger partial charge in [-0.05, 0) is 18.6 Å². The lowest BCUT2D eigenvalue weighted by atomic mass is 10.2. The second-order valence-corrected chi connectivity index (χ2v) is 7.71. The molecule has 2 aromatic rings. The van der Waals surface area contributed by atoms with Gasteiger partial charge in [-0.2, -0.15) is 4.31 Å². The van der Waals surface area contributed by atoms with Crippen molar-refractivity contribution in [1.82, 2.24) is 9.79 Å². The van der Waals surface area contributed by atoms with Crippen molar-refractivity contribution in [2.75, 3.05) is 0 Å². The number of nitrogens with one attached hydrogen (secondary N) is 1. The number of non-ortho nitro benzene ring substituents is 1. The van der Waals surface area contributed by atoms with E-state index in [2.05, 4.69) is 0 Å². The van der Waals surface area contributed by atoms with E-state index < -0.39 is 48.9 Å². The number of benzene rings is 2. The van der Waals surface area contributed by atoms with Crippen LogP contribution in [0.2, 0.25) is 0 Å². The summed E-state index contributed by atoms with van der Waals surface area (Å²) in [6.07, 6.45) is 0. The van der Waals surface area contributed by atoms with Crippen molar-refractivity contribution in [3.63, 3.8) is 0 Å². The summed E-state index contributed by atoms with van der Waals surface area (Å²) in [5.74, 6) is -1.06. The van der Waals surface area contributed by atoms with Crippen LogP contribution in [0.3, 0.4) is 0 Å². The molecule has 2 aromatic carbocycles. The molecule has 0 aliphatic heterocycles. The van der Waals surface area contributed by atoms with Crippen LogP contribution in [0.25, 0.3) is 0 Å². The average molecular weight is 424 g/mol. The number of carbonyl (C=O) groups is 1. The standard InChI is InChI=1S/C16H16N4O8S/c1-11(16(21)17-22)18(10-12-6-8-13(9-7-12)19(23)24)29(27,28)15-5-3-2-4-14(15)20(25)26/h2-9,11,22H,10H2,1H3,(H,17,21)/t11-/m0/s1. The molecule has 0 aliphatic rings. The van der Waals surface area contributed by atoms with Crippen LogP contribution < -0.4 is 5.48 Å². The first-order chi connectivity index (χ1) is 13.6. The van der Waals surface area contributed by atoms with Crippen molar-refractivity contribution in [3.8, 4) is 0 Å². The van der Waals surface area contributed by atoms with Gasteiger partial charge >= 0.3 is 0 Å². The number of para-hydroxylation sites is 1. The Morgan fingerprint density at radius 1 is 1.10 bits per heavy atom. The molecule has 1 atom stereocenters. The Kier molecular flexibility index (Phi) is 6.58. The summed E-state index contributed by atoms with van der Waals surface area (Å²) in [6, 6.07) is 8.08. The van der Waals surface area contributed by atoms with E-state index in [-0.39, 0.29) is 11.3 Å². The van der Waals surface area contributed by atoms with E-state index in [1.807, 2.05) is 0 Å². The molecule has 0 heterocycles. The molecule has 0 fully saturated rings. The Balaban J connectivity index is 2.54. The third-order valence-corrected chi connectivity index (χ3v) is 6.02. The van der Waals surface area contributed by atoms with Crippen LogP contribution in [0.15, 0.2) is 53.4 Å². The molecule has 1 amide bonds. The fourth-order valence-corrected chi connectivity index (χ4v) is 4.25. The Morgan fingerprint density at radius 3 is 2.21 bits per heavy atom. The van der Waals surface area contributed by atoms with Crippen molar-refractivity contribution in [2.45, 2.75) is 24.4 Å². The lowest BCUT2D eigenvalue weighted by Gasteiger charge is -2.26. The maximum Gasteiger partial charge on any atom is 0.289 e. The Labute approximate surface area is 164 Å². The Bertz CT molecular complexity index is 1040. The van der Waals surface area contributed by atoms with Crippen LogP contribution in [-0.4, -0.2) is 39.7 Å². The van der Waals surface area contributed by atoms with Crippen molar-refractivity contribution in [3.05, 3.63) is 74.3 Å². The number of amides is 1. The molecule has 0 unspecified atom stereocenters. The minimum Gasteiger partial charge on any atom is -0.289 e. The zero-order valence-corrected chi connectivity index (χ0v) is 15.8. The summed E-state index contributed by atoms with van der Waals surface area (Å²) >= 11 is 0. The number of sulfonamides is 1. The number of nitro groups is 2. The molecule has 29 heavy (non-hydrogen) atoms. The molecule has 2 N–H and O–H groups in total. The minimum absolute atomic E-state index is 0.219. The largest absolute Gasteiger partial charge is 0.289 e. The molecule has 0 aromatic heterocycles. The van der Waals surface area contributed by atoms with E-state index in [0.717, 1.165) is 24.3 Å². The van der Waals surface area contributed by atoms with Crippen molar-refractivity contribution in [1.29, 1.82) is 0 Å². The van der Waals surface area contributed by atoms with Crippen LogP contribution >= 0.6 is 0 Å². The van der Waals surface area contributed by atoms with E-state index in [0.29, 0.717) is 4.31 Å². The van der Waals surface area contributed by atoms with Crippen LogP contribution in [0.1, 0.15) is 12.5 Å². The number of nitro benzene ring substituents is 2. The number of carbonyl (C=O) groups excluding carboxylic acids is 1. The van der Waals surface area contributed by atoms with E-state index in [4.69, 9.17) is 5.21 Å².